The summed E-state index contributed by atoms with van der Waals surface area (Å²) in [5.74, 6) is -0.0415. The third kappa shape index (κ3) is 4.52. The summed E-state index contributed by atoms with van der Waals surface area (Å²) in [6.07, 6.45) is -4.37. The summed E-state index contributed by atoms with van der Waals surface area (Å²) in [7, 11) is 0. The SMILES string of the molecule is CC(C)(C)c1cc(CN)cc(OCC(F)(F)F)n1. The molecule has 18 heavy (non-hydrogen) atoms. The molecule has 102 valence electrons. The summed E-state index contributed by atoms with van der Waals surface area (Å²) < 4.78 is 40.9. The molecule has 0 aromatic carbocycles. The molecule has 0 saturated heterocycles. The van der Waals surface area contributed by atoms with Gasteiger partial charge in [0.05, 0.1) is 5.69 Å². The number of nitrogens with zero attached hydrogens (tertiary/aromatic N) is 1. The molecule has 0 atom stereocenters. The van der Waals surface area contributed by atoms with Crippen LogP contribution < -0.4 is 10.5 Å². The van der Waals surface area contributed by atoms with Crippen molar-refractivity contribution in [3.05, 3.63) is 23.4 Å². The van der Waals surface area contributed by atoms with E-state index in [4.69, 9.17) is 5.73 Å². The number of nitrogens with two attached hydrogens (primary N) is 1. The maximum Gasteiger partial charge on any atom is 0.422 e. The Hall–Kier alpha value is -1.30. The van der Waals surface area contributed by atoms with Gasteiger partial charge in [-0.05, 0) is 11.6 Å². The third-order valence-corrected chi connectivity index (χ3v) is 2.25. The largest absolute Gasteiger partial charge is 0.468 e. The lowest BCUT2D eigenvalue weighted by Gasteiger charge is -2.20. The normalized spacial score (nSPS) is 12.6. The predicted octanol–water partition coefficient (Wildman–Crippen LogP) is 2.78. The second kappa shape index (κ2) is 5.14. The van der Waals surface area contributed by atoms with Gasteiger partial charge in [-0.3, -0.25) is 0 Å². The van der Waals surface area contributed by atoms with Crippen LogP contribution in [0.15, 0.2) is 12.1 Å². The molecule has 1 rings (SSSR count). The Balaban J connectivity index is 2.98. The van der Waals surface area contributed by atoms with Crippen molar-refractivity contribution in [2.75, 3.05) is 6.61 Å². The number of rotatable bonds is 3. The molecule has 0 fully saturated rings. The Morgan fingerprint density at radius 2 is 1.83 bits per heavy atom. The molecule has 1 aromatic rings. The number of aromatic nitrogens is 1. The van der Waals surface area contributed by atoms with Gasteiger partial charge in [0.1, 0.15) is 0 Å². The Morgan fingerprint density at radius 1 is 1.22 bits per heavy atom. The highest BCUT2D eigenvalue weighted by atomic mass is 19.4. The van der Waals surface area contributed by atoms with Crippen LogP contribution in [0.1, 0.15) is 32.0 Å². The smallest absolute Gasteiger partial charge is 0.422 e. The summed E-state index contributed by atoms with van der Waals surface area (Å²) in [4.78, 5) is 4.08. The number of ether oxygens (including phenoxy) is 1. The van der Waals surface area contributed by atoms with Crippen LogP contribution in [0.2, 0.25) is 0 Å². The van der Waals surface area contributed by atoms with Crippen molar-refractivity contribution in [3.8, 4) is 5.88 Å². The van der Waals surface area contributed by atoms with Gasteiger partial charge in [0, 0.05) is 18.0 Å². The van der Waals surface area contributed by atoms with E-state index in [1.165, 1.54) is 6.07 Å². The van der Waals surface area contributed by atoms with Gasteiger partial charge in [0.15, 0.2) is 6.61 Å². The first-order chi connectivity index (χ1) is 8.12. The minimum atomic E-state index is -4.37. The maximum absolute atomic E-state index is 12.1. The molecule has 0 spiro atoms. The van der Waals surface area contributed by atoms with Crippen LogP contribution in [-0.2, 0) is 12.0 Å². The van der Waals surface area contributed by atoms with Gasteiger partial charge in [-0.25, -0.2) is 4.98 Å². The molecule has 0 radical (unpaired) electrons. The molecular weight excluding hydrogens is 245 g/mol. The second-order valence-electron chi connectivity index (χ2n) is 5.06. The Morgan fingerprint density at radius 3 is 2.28 bits per heavy atom. The molecule has 0 bridgehead atoms. The van der Waals surface area contributed by atoms with Crippen LogP contribution >= 0.6 is 0 Å². The van der Waals surface area contributed by atoms with Crippen molar-refractivity contribution in [1.29, 1.82) is 0 Å². The average Bonchev–Trinajstić information content (AvgIpc) is 2.24. The zero-order chi connectivity index (χ0) is 14.0. The summed E-state index contributed by atoms with van der Waals surface area (Å²) in [6.45, 7) is 4.64. The van der Waals surface area contributed by atoms with Gasteiger partial charge in [-0.15, -0.1) is 0 Å². The van der Waals surface area contributed by atoms with Crippen LogP contribution in [0.25, 0.3) is 0 Å². The zero-order valence-electron chi connectivity index (χ0n) is 10.6. The summed E-state index contributed by atoms with van der Waals surface area (Å²) in [6, 6.07) is 3.21. The lowest BCUT2D eigenvalue weighted by atomic mass is 9.91. The van der Waals surface area contributed by atoms with Gasteiger partial charge < -0.3 is 10.5 Å². The fourth-order valence-electron chi connectivity index (χ4n) is 1.29. The summed E-state index contributed by atoms with van der Waals surface area (Å²) in [5.41, 5.74) is 6.59. The number of hydrogen-bond donors (Lipinski definition) is 1. The molecule has 0 saturated carbocycles. The molecule has 0 aliphatic carbocycles. The molecule has 0 aliphatic heterocycles. The molecule has 6 heteroatoms. The standard InChI is InChI=1S/C12H17F3N2O/c1-11(2,3)9-4-8(6-16)5-10(17-9)18-7-12(13,14)15/h4-5H,6-7,16H2,1-3H3. The van der Waals surface area contributed by atoms with Crippen LogP contribution in [-0.4, -0.2) is 17.8 Å². The number of hydrogen-bond acceptors (Lipinski definition) is 3. The monoisotopic (exact) mass is 262 g/mol. The molecule has 2 N–H and O–H groups in total. The number of alkyl halides is 3. The lowest BCUT2D eigenvalue weighted by molar-refractivity contribution is -0.154. The van der Waals surface area contributed by atoms with Crippen LogP contribution in [0.4, 0.5) is 13.2 Å². The Kier molecular flexibility index (Phi) is 4.21. The fourth-order valence-corrected chi connectivity index (χ4v) is 1.29. The van der Waals surface area contributed by atoms with Crippen molar-refractivity contribution < 1.29 is 17.9 Å². The maximum atomic E-state index is 12.1. The first kappa shape index (κ1) is 14.8. The van der Waals surface area contributed by atoms with E-state index in [1.807, 2.05) is 20.8 Å². The number of pyridine rings is 1. The first-order valence-corrected chi connectivity index (χ1v) is 5.53. The van der Waals surface area contributed by atoms with E-state index in [0.29, 0.717) is 11.3 Å². The van der Waals surface area contributed by atoms with E-state index in [-0.39, 0.29) is 17.8 Å². The molecule has 1 aromatic heterocycles. The highest BCUT2D eigenvalue weighted by molar-refractivity contribution is 5.28. The van der Waals surface area contributed by atoms with Crippen molar-refractivity contribution in [3.63, 3.8) is 0 Å². The van der Waals surface area contributed by atoms with Gasteiger partial charge in [0.2, 0.25) is 5.88 Å². The van der Waals surface area contributed by atoms with Crippen LogP contribution in [0.5, 0.6) is 5.88 Å². The number of halogens is 3. The summed E-state index contributed by atoms with van der Waals surface area (Å²) in [5, 5.41) is 0. The Bertz CT molecular complexity index is 411. The molecule has 0 unspecified atom stereocenters. The van der Waals surface area contributed by atoms with Gasteiger partial charge in [0.25, 0.3) is 0 Å². The minimum Gasteiger partial charge on any atom is -0.468 e. The van der Waals surface area contributed by atoms with E-state index in [1.54, 1.807) is 6.07 Å². The molecular formula is C12H17F3N2O. The van der Waals surface area contributed by atoms with Crippen LogP contribution in [0, 0.1) is 0 Å². The van der Waals surface area contributed by atoms with Crippen molar-refractivity contribution in [2.45, 2.75) is 38.9 Å². The third-order valence-electron chi connectivity index (χ3n) is 2.25. The van der Waals surface area contributed by atoms with Crippen molar-refractivity contribution in [2.24, 2.45) is 5.73 Å². The van der Waals surface area contributed by atoms with E-state index in [0.717, 1.165) is 0 Å². The highest BCUT2D eigenvalue weighted by Crippen LogP contribution is 2.25. The molecule has 3 nitrogen and oxygen atoms in total. The van der Waals surface area contributed by atoms with Gasteiger partial charge >= 0.3 is 6.18 Å². The Labute approximate surface area is 104 Å². The minimum absolute atomic E-state index is 0.0415. The average molecular weight is 262 g/mol. The van der Waals surface area contributed by atoms with Crippen LogP contribution in [0.3, 0.4) is 0 Å². The fraction of sp³-hybridized carbons (Fsp3) is 0.583. The highest BCUT2D eigenvalue weighted by Gasteiger charge is 2.29. The quantitative estimate of drug-likeness (QED) is 0.911. The van der Waals surface area contributed by atoms with E-state index in [9.17, 15) is 13.2 Å². The predicted molar refractivity (Wildman–Crippen MR) is 62.4 cm³/mol. The molecule has 0 amide bonds. The van der Waals surface area contributed by atoms with Crippen molar-refractivity contribution in [1.82, 2.24) is 4.98 Å². The zero-order valence-corrected chi connectivity index (χ0v) is 10.6. The van der Waals surface area contributed by atoms with E-state index in [2.05, 4.69) is 9.72 Å². The van der Waals surface area contributed by atoms with Crippen molar-refractivity contribution >= 4 is 0 Å². The van der Waals surface area contributed by atoms with Gasteiger partial charge in [-0.2, -0.15) is 13.2 Å². The summed E-state index contributed by atoms with van der Waals surface area (Å²) >= 11 is 0. The van der Waals surface area contributed by atoms with E-state index < -0.39 is 12.8 Å². The molecule has 0 aliphatic rings. The lowest BCUT2D eigenvalue weighted by Crippen LogP contribution is -2.21. The first-order valence-electron chi connectivity index (χ1n) is 5.53. The second-order valence-corrected chi connectivity index (χ2v) is 5.06. The molecule has 1 heterocycles. The van der Waals surface area contributed by atoms with Gasteiger partial charge in [-0.1, -0.05) is 20.8 Å². The topological polar surface area (TPSA) is 48.1 Å². The van der Waals surface area contributed by atoms with E-state index >= 15 is 0 Å².